The zero-order valence-corrected chi connectivity index (χ0v) is 9.35. The number of β-amino-alcohol motifs (C(OH)–C–C–N with tert-alkyl or cyclic N) is 1. The van der Waals surface area contributed by atoms with Crippen LogP contribution >= 0.6 is 0 Å². The van der Waals surface area contributed by atoms with Gasteiger partial charge in [-0.2, -0.15) is 0 Å². The van der Waals surface area contributed by atoms with Gasteiger partial charge in [-0.25, -0.2) is 0 Å². The Morgan fingerprint density at radius 1 is 1.31 bits per heavy atom. The van der Waals surface area contributed by atoms with Crippen LogP contribution in [0.15, 0.2) is 0 Å². The summed E-state index contributed by atoms with van der Waals surface area (Å²) in [5.74, 6) is 0.820. The summed E-state index contributed by atoms with van der Waals surface area (Å²) < 4.78 is 0. The standard InChI is InChI=1S/C11H23NO/c1-5-11(4,13)8-12-10(2,3)9-6-7-9/h9,12-13H,5-8H2,1-4H3. The lowest BCUT2D eigenvalue weighted by Crippen LogP contribution is -2.48. The second-order valence-electron chi connectivity index (χ2n) is 5.20. The summed E-state index contributed by atoms with van der Waals surface area (Å²) in [5, 5.41) is 13.3. The molecular weight excluding hydrogens is 162 g/mol. The number of aliphatic hydroxyl groups is 1. The average molecular weight is 185 g/mol. The van der Waals surface area contributed by atoms with E-state index in [-0.39, 0.29) is 5.54 Å². The molecule has 2 N–H and O–H groups in total. The lowest BCUT2D eigenvalue weighted by molar-refractivity contribution is 0.0467. The maximum Gasteiger partial charge on any atom is 0.0741 e. The Labute approximate surface area is 81.7 Å². The Bertz CT molecular complexity index is 171. The van der Waals surface area contributed by atoms with E-state index >= 15 is 0 Å². The van der Waals surface area contributed by atoms with Gasteiger partial charge in [0.15, 0.2) is 0 Å². The van der Waals surface area contributed by atoms with Gasteiger partial charge in [-0.15, -0.1) is 0 Å². The highest BCUT2D eigenvalue weighted by atomic mass is 16.3. The minimum absolute atomic E-state index is 0.208. The van der Waals surface area contributed by atoms with Crippen LogP contribution in [-0.4, -0.2) is 22.8 Å². The van der Waals surface area contributed by atoms with Crippen LogP contribution in [0.5, 0.6) is 0 Å². The van der Waals surface area contributed by atoms with Crippen molar-refractivity contribution in [2.24, 2.45) is 5.92 Å². The van der Waals surface area contributed by atoms with Crippen molar-refractivity contribution in [3.8, 4) is 0 Å². The third-order valence-corrected chi connectivity index (χ3v) is 3.28. The molecule has 0 heterocycles. The molecule has 1 rings (SSSR count). The zero-order chi connectivity index (χ0) is 10.1. The van der Waals surface area contributed by atoms with Crippen LogP contribution in [-0.2, 0) is 0 Å². The first-order valence-corrected chi connectivity index (χ1v) is 5.35. The van der Waals surface area contributed by atoms with Gasteiger partial charge in [-0.3, -0.25) is 0 Å². The Balaban J connectivity index is 2.32. The lowest BCUT2D eigenvalue weighted by Gasteiger charge is -2.31. The van der Waals surface area contributed by atoms with Crippen LogP contribution in [0.25, 0.3) is 0 Å². The largest absolute Gasteiger partial charge is 0.389 e. The van der Waals surface area contributed by atoms with Gasteiger partial charge in [0.05, 0.1) is 5.60 Å². The van der Waals surface area contributed by atoms with Gasteiger partial charge in [0.25, 0.3) is 0 Å². The fourth-order valence-electron chi connectivity index (χ4n) is 1.49. The monoisotopic (exact) mass is 185 g/mol. The van der Waals surface area contributed by atoms with E-state index in [4.69, 9.17) is 0 Å². The molecule has 0 aromatic rings. The van der Waals surface area contributed by atoms with Crippen molar-refractivity contribution in [2.75, 3.05) is 6.54 Å². The van der Waals surface area contributed by atoms with Gasteiger partial charge in [-0.1, -0.05) is 6.92 Å². The molecule has 78 valence electrons. The van der Waals surface area contributed by atoms with Crippen molar-refractivity contribution in [3.63, 3.8) is 0 Å². The maximum absolute atomic E-state index is 9.83. The van der Waals surface area contributed by atoms with Crippen LogP contribution < -0.4 is 5.32 Å². The summed E-state index contributed by atoms with van der Waals surface area (Å²) in [6.45, 7) is 9.08. The molecule has 13 heavy (non-hydrogen) atoms. The minimum atomic E-state index is -0.549. The molecule has 0 radical (unpaired) electrons. The van der Waals surface area contributed by atoms with Crippen LogP contribution in [0.1, 0.15) is 47.0 Å². The van der Waals surface area contributed by atoms with E-state index in [9.17, 15) is 5.11 Å². The van der Waals surface area contributed by atoms with Crippen molar-refractivity contribution >= 4 is 0 Å². The Morgan fingerprint density at radius 3 is 2.23 bits per heavy atom. The first-order chi connectivity index (χ1) is 5.87. The van der Waals surface area contributed by atoms with E-state index in [0.717, 1.165) is 12.3 Å². The molecule has 0 amide bonds. The van der Waals surface area contributed by atoms with E-state index < -0.39 is 5.60 Å². The van der Waals surface area contributed by atoms with Gasteiger partial charge in [-0.05, 0) is 46.0 Å². The third-order valence-electron chi connectivity index (χ3n) is 3.28. The van der Waals surface area contributed by atoms with Crippen LogP contribution in [0, 0.1) is 5.92 Å². The van der Waals surface area contributed by atoms with Gasteiger partial charge >= 0.3 is 0 Å². The first-order valence-electron chi connectivity index (χ1n) is 5.35. The van der Waals surface area contributed by atoms with Crippen molar-refractivity contribution < 1.29 is 5.11 Å². The highest BCUT2D eigenvalue weighted by Gasteiger charge is 2.38. The van der Waals surface area contributed by atoms with Crippen molar-refractivity contribution in [1.29, 1.82) is 0 Å². The van der Waals surface area contributed by atoms with Crippen molar-refractivity contribution in [2.45, 2.75) is 58.1 Å². The molecule has 0 spiro atoms. The fourth-order valence-corrected chi connectivity index (χ4v) is 1.49. The highest BCUT2D eigenvalue weighted by molar-refractivity contribution is 4.95. The summed E-state index contributed by atoms with van der Waals surface area (Å²) in [6.07, 6.45) is 3.49. The summed E-state index contributed by atoms with van der Waals surface area (Å²) in [5.41, 5.74) is -0.342. The van der Waals surface area contributed by atoms with E-state index in [1.165, 1.54) is 12.8 Å². The third kappa shape index (κ3) is 3.28. The summed E-state index contributed by atoms with van der Waals surface area (Å²) in [7, 11) is 0. The molecule has 1 atom stereocenters. The summed E-state index contributed by atoms with van der Waals surface area (Å²) in [4.78, 5) is 0. The van der Waals surface area contributed by atoms with Crippen molar-refractivity contribution in [3.05, 3.63) is 0 Å². The van der Waals surface area contributed by atoms with E-state index in [1.807, 2.05) is 13.8 Å². The van der Waals surface area contributed by atoms with E-state index in [1.54, 1.807) is 0 Å². The second-order valence-corrected chi connectivity index (χ2v) is 5.20. The zero-order valence-electron chi connectivity index (χ0n) is 9.35. The molecule has 0 saturated heterocycles. The van der Waals surface area contributed by atoms with Crippen molar-refractivity contribution in [1.82, 2.24) is 5.32 Å². The van der Waals surface area contributed by atoms with Crippen LogP contribution in [0.4, 0.5) is 0 Å². The molecule has 0 aromatic heterocycles. The van der Waals surface area contributed by atoms with Gasteiger partial charge in [0.1, 0.15) is 0 Å². The maximum atomic E-state index is 9.83. The number of nitrogens with one attached hydrogen (secondary N) is 1. The van der Waals surface area contributed by atoms with Gasteiger partial charge < -0.3 is 10.4 Å². The molecule has 1 fully saturated rings. The van der Waals surface area contributed by atoms with E-state index in [2.05, 4.69) is 19.2 Å². The van der Waals surface area contributed by atoms with E-state index in [0.29, 0.717) is 6.54 Å². The average Bonchev–Trinajstić information content (AvgIpc) is 2.84. The smallest absolute Gasteiger partial charge is 0.0741 e. The SMILES string of the molecule is CCC(C)(O)CNC(C)(C)C1CC1. The summed E-state index contributed by atoms with van der Waals surface area (Å²) in [6, 6.07) is 0. The Hall–Kier alpha value is -0.0800. The molecule has 0 aromatic carbocycles. The minimum Gasteiger partial charge on any atom is -0.389 e. The highest BCUT2D eigenvalue weighted by Crippen LogP contribution is 2.39. The van der Waals surface area contributed by atoms with Crippen LogP contribution in [0.3, 0.4) is 0 Å². The molecule has 2 nitrogen and oxygen atoms in total. The molecule has 0 bridgehead atoms. The number of hydrogen-bond acceptors (Lipinski definition) is 2. The van der Waals surface area contributed by atoms with Gasteiger partial charge in [0, 0.05) is 12.1 Å². The fraction of sp³-hybridized carbons (Fsp3) is 1.00. The molecule has 1 aliphatic rings. The second kappa shape index (κ2) is 3.58. The predicted molar refractivity (Wildman–Crippen MR) is 55.7 cm³/mol. The Kier molecular flexibility index (Phi) is 3.03. The molecule has 2 heteroatoms. The normalized spacial score (nSPS) is 22.8. The topological polar surface area (TPSA) is 32.3 Å². The molecule has 1 unspecified atom stereocenters. The Morgan fingerprint density at radius 2 is 1.85 bits per heavy atom. The lowest BCUT2D eigenvalue weighted by atomic mass is 9.96. The van der Waals surface area contributed by atoms with Gasteiger partial charge in [0.2, 0.25) is 0 Å². The number of rotatable bonds is 5. The molecular formula is C11H23NO. The first kappa shape index (κ1) is 11.0. The quantitative estimate of drug-likeness (QED) is 0.686. The molecule has 0 aliphatic heterocycles. The molecule has 1 aliphatic carbocycles. The molecule has 1 saturated carbocycles. The predicted octanol–water partition coefficient (Wildman–Crippen LogP) is 1.93. The number of hydrogen-bond donors (Lipinski definition) is 2. The summed E-state index contributed by atoms with van der Waals surface area (Å²) >= 11 is 0. The van der Waals surface area contributed by atoms with Crippen LogP contribution in [0.2, 0.25) is 0 Å².